The predicted molar refractivity (Wildman–Crippen MR) is 141 cm³/mol. The number of rotatable bonds is 10. The molecule has 0 saturated carbocycles. The Morgan fingerprint density at radius 2 is 1.56 bits per heavy atom. The number of likely N-dealkylation sites (N-methyl/N-ethyl adjacent to an activating group) is 1. The molecule has 2 saturated heterocycles. The van der Waals surface area contributed by atoms with Crippen molar-refractivity contribution in [3.05, 3.63) is 23.9 Å². The maximum atomic E-state index is 13.4. The normalized spacial score (nSPS) is 21.8. The smallest absolute Gasteiger partial charge is 0.249 e. The van der Waals surface area contributed by atoms with Crippen molar-refractivity contribution in [1.82, 2.24) is 20.0 Å². The largest absolute Gasteiger partial charge is 0.370 e. The van der Waals surface area contributed by atoms with Crippen LogP contribution in [0, 0.1) is 11.8 Å². The molecule has 0 radical (unpaired) electrons. The highest BCUT2D eigenvalue weighted by Gasteiger charge is 2.34. The lowest BCUT2D eigenvalue weighted by atomic mass is 9.94. The summed E-state index contributed by atoms with van der Waals surface area (Å²) in [6.07, 6.45) is 7.44. The van der Waals surface area contributed by atoms with Crippen molar-refractivity contribution in [3.63, 3.8) is 0 Å². The van der Waals surface area contributed by atoms with Crippen molar-refractivity contribution < 1.29 is 9.59 Å². The molecule has 2 heterocycles. The van der Waals surface area contributed by atoms with Gasteiger partial charge in [0.15, 0.2) is 0 Å². The van der Waals surface area contributed by atoms with E-state index in [1.807, 2.05) is 18.9 Å². The zero-order valence-corrected chi connectivity index (χ0v) is 23.1. The summed E-state index contributed by atoms with van der Waals surface area (Å²) in [7, 11) is 2.04. The lowest BCUT2D eigenvalue weighted by Gasteiger charge is -2.41. The Labute approximate surface area is 208 Å². The molecular weight excluding hydrogens is 424 g/mol. The second-order valence-electron chi connectivity index (χ2n) is 11.3. The van der Waals surface area contributed by atoms with Crippen molar-refractivity contribution >= 4 is 11.8 Å². The Morgan fingerprint density at radius 1 is 0.971 bits per heavy atom. The van der Waals surface area contributed by atoms with E-state index in [2.05, 4.69) is 69.3 Å². The summed E-state index contributed by atoms with van der Waals surface area (Å²) in [6.45, 7) is 22.0. The highest BCUT2D eigenvalue weighted by molar-refractivity contribution is 5.93. The summed E-state index contributed by atoms with van der Waals surface area (Å²) in [4.78, 5) is 32.7. The number of carbonyl (C=O) groups is 2. The first-order valence-electron chi connectivity index (χ1n) is 13.4. The van der Waals surface area contributed by atoms with E-state index < -0.39 is 0 Å². The van der Waals surface area contributed by atoms with Crippen LogP contribution in [-0.4, -0.2) is 77.4 Å². The van der Waals surface area contributed by atoms with Crippen LogP contribution in [0.3, 0.4) is 0 Å². The molecule has 3 atom stereocenters. The summed E-state index contributed by atoms with van der Waals surface area (Å²) in [5.74, 6) is 0.751. The van der Waals surface area contributed by atoms with Crippen LogP contribution in [0.5, 0.6) is 0 Å². The van der Waals surface area contributed by atoms with Gasteiger partial charge in [-0.25, -0.2) is 0 Å². The third-order valence-corrected chi connectivity index (χ3v) is 7.57. The van der Waals surface area contributed by atoms with Gasteiger partial charge in [-0.1, -0.05) is 46.8 Å². The number of nitrogens with one attached hydrogen (secondary N) is 1. The number of amides is 2. The average Bonchev–Trinajstić information content (AvgIpc) is 3.33. The lowest BCUT2D eigenvalue weighted by Crippen LogP contribution is -2.56. The van der Waals surface area contributed by atoms with Crippen LogP contribution in [0.4, 0.5) is 0 Å². The molecule has 0 aromatic carbocycles. The van der Waals surface area contributed by atoms with Crippen LogP contribution < -0.4 is 5.32 Å². The maximum absolute atomic E-state index is 13.4. The van der Waals surface area contributed by atoms with E-state index >= 15 is 0 Å². The minimum absolute atomic E-state index is 0.0269. The van der Waals surface area contributed by atoms with Gasteiger partial charge >= 0.3 is 0 Å². The summed E-state index contributed by atoms with van der Waals surface area (Å²) in [5.41, 5.74) is 1.69. The summed E-state index contributed by atoms with van der Waals surface area (Å²) in [5, 5.41) is 3.35. The molecule has 6 nitrogen and oxygen atoms in total. The Hall–Kier alpha value is -1.82. The Bertz CT molecular complexity index is 737. The summed E-state index contributed by atoms with van der Waals surface area (Å²) >= 11 is 0. The summed E-state index contributed by atoms with van der Waals surface area (Å²) < 4.78 is 0. The van der Waals surface area contributed by atoms with Gasteiger partial charge in [0.2, 0.25) is 11.8 Å². The molecule has 6 heteroatoms. The van der Waals surface area contributed by atoms with Crippen LogP contribution in [0.25, 0.3) is 0 Å². The van der Waals surface area contributed by atoms with E-state index in [1.54, 1.807) is 0 Å². The second kappa shape index (κ2) is 12.8. The third kappa shape index (κ3) is 7.10. The van der Waals surface area contributed by atoms with Gasteiger partial charge in [-0.2, -0.15) is 0 Å². The van der Waals surface area contributed by atoms with E-state index in [4.69, 9.17) is 0 Å². The van der Waals surface area contributed by atoms with E-state index in [-0.39, 0.29) is 35.9 Å². The number of carbonyl (C=O) groups excluding carboxylic acids is 2. The van der Waals surface area contributed by atoms with Gasteiger partial charge in [-0.15, -0.1) is 0 Å². The molecule has 0 aromatic heterocycles. The van der Waals surface area contributed by atoms with Crippen LogP contribution >= 0.6 is 0 Å². The zero-order valence-electron chi connectivity index (χ0n) is 23.1. The molecule has 2 aliphatic heterocycles. The van der Waals surface area contributed by atoms with Crippen LogP contribution in [0.15, 0.2) is 23.9 Å². The number of hydrogen-bond donors (Lipinski definition) is 1. The van der Waals surface area contributed by atoms with E-state index in [0.717, 1.165) is 63.0 Å². The van der Waals surface area contributed by atoms with Gasteiger partial charge in [0.25, 0.3) is 0 Å². The number of likely N-dealkylation sites (tertiary alicyclic amines) is 2. The Morgan fingerprint density at radius 3 is 2.09 bits per heavy atom. The zero-order chi connectivity index (χ0) is 25.6. The quantitative estimate of drug-likeness (QED) is 0.476. The molecule has 1 N–H and O–H groups in total. The molecule has 2 rings (SSSR count). The monoisotopic (exact) mass is 474 g/mol. The van der Waals surface area contributed by atoms with Gasteiger partial charge in [0.1, 0.15) is 0 Å². The average molecular weight is 475 g/mol. The molecule has 0 spiro atoms. The van der Waals surface area contributed by atoms with Crippen LogP contribution in [0.1, 0.15) is 80.6 Å². The molecule has 2 amide bonds. The Balaban J connectivity index is 2.17. The van der Waals surface area contributed by atoms with Gasteiger partial charge in [-0.05, 0) is 64.8 Å². The number of piperidine rings is 1. The van der Waals surface area contributed by atoms with E-state index in [0.29, 0.717) is 12.0 Å². The minimum Gasteiger partial charge on any atom is -0.370 e. The van der Waals surface area contributed by atoms with Crippen molar-refractivity contribution in [2.24, 2.45) is 11.8 Å². The topological polar surface area (TPSA) is 55.9 Å². The Kier molecular flexibility index (Phi) is 10.7. The fourth-order valence-electron chi connectivity index (χ4n) is 5.40. The molecule has 0 aromatic rings. The van der Waals surface area contributed by atoms with Crippen molar-refractivity contribution in [2.75, 3.05) is 26.7 Å². The maximum Gasteiger partial charge on any atom is 0.249 e. The second-order valence-corrected chi connectivity index (χ2v) is 11.3. The molecule has 0 aliphatic carbocycles. The molecule has 34 heavy (non-hydrogen) atoms. The standard InChI is InChI=1S/C28H50N4O2/c1-19(2)25(18-22(7)28(34)31-15-12-13-16-31)30(9)23(8)26(20(3)4)29-27(33)24-14-10-11-17-32(24)21(5)6/h18-21,24-26H,8,10-17H2,1-7,9H3,(H,29,33)/b22-18+. The van der Waals surface area contributed by atoms with Gasteiger partial charge in [0.05, 0.1) is 12.1 Å². The third-order valence-electron chi connectivity index (χ3n) is 7.57. The number of hydrogen-bond acceptors (Lipinski definition) is 4. The van der Waals surface area contributed by atoms with Crippen LogP contribution in [-0.2, 0) is 9.59 Å². The van der Waals surface area contributed by atoms with E-state index in [9.17, 15) is 9.59 Å². The fraction of sp³-hybridized carbons (Fsp3) is 0.786. The molecular formula is C28H50N4O2. The highest BCUT2D eigenvalue weighted by atomic mass is 16.2. The van der Waals surface area contributed by atoms with Gasteiger partial charge < -0.3 is 15.1 Å². The minimum atomic E-state index is -0.155. The summed E-state index contributed by atoms with van der Waals surface area (Å²) in [6, 6.07) is 0.150. The van der Waals surface area contributed by atoms with Gasteiger partial charge in [0, 0.05) is 43.5 Å². The van der Waals surface area contributed by atoms with Crippen molar-refractivity contribution in [3.8, 4) is 0 Å². The van der Waals surface area contributed by atoms with Crippen molar-refractivity contribution in [2.45, 2.75) is 105 Å². The fourth-order valence-corrected chi connectivity index (χ4v) is 5.40. The lowest BCUT2D eigenvalue weighted by molar-refractivity contribution is -0.129. The van der Waals surface area contributed by atoms with Gasteiger partial charge in [-0.3, -0.25) is 14.5 Å². The first-order valence-corrected chi connectivity index (χ1v) is 13.4. The number of nitrogens with zero attached hydrogens (tertiary/aromatic N) is 3. The molecule has 3 unspecified atom stereocenters. The first-order chi connectivity index (χ1) is 16.0. The first kappa shape index (κ1) is 28.4. The van der Waals surface area contributed by atoms with Crippen LogP contribution in [0.2, 0.25) is 0 Å². The van der Waals surface area contributed by atoms with Crippen molar-refractivity contribution in [1.29, 1.82) is 0 Å². The predicted octanol–water partition coefficient (Wildman–Crippen LogP) is 4.43. The highest BCUT2D eigenvalue weighted by Crippen LogP contribution is 2.25. The molecule has 0 bridgehead atoms. The molecule has 194 valence electrons. The van der Waals surface area contributed by atoms with E-state index in [1.165, 1.54) is 0 Å². The molecule has 2 aliphatic rings. The molecule has 2 fully saturated rings. The SMILES string of the molecule is C=C(C(NC(=O)C1CCCCN1C(C)C)C(C)C)N(C)C(/C=C(\C)C(=O)N1CCCC1)C(C)C.